The Hall–Kier alpha value is -2.92. The molecule has 0 bridgehead atoms. The van der Waals surface area contributed by atoms with Crippen molar-refractivity contribution in [2.75, 3.05) is 39.3 Å². The van der Waals surface area contributed by atoms with E-state index >= 15 is 0 Å². The third-order valence-corrected chi connectivity index (χ3v) is 4.63. The summed E-state index contributed by atoms with van der Waals surface area (Å²) in [6, 6.07) is 19.2. The first-order valence-corrected chi connectivity index (χ1v) is 9.27. The lowest BCUT2D eigenvalue weighted by molar-refractivity contribution is -0.131. The molecular weight excluding hydrogens is 338 g/mol. The fourth-order valence-corrected chi connectivity index (χ4v) is 3.04. The second-order valence-corrected chi connectivity index (χ2v) is 6.54. The van der Waals surface area contributed by atoms with Gasteiger partial charge in [0.2, 0.25) is 5.91 Å². The molecule has 0 atom stereocenters. The molecule has 0 unspecified atom stereocenters. The molecule has 0 radical (unpaired) electrons. The van der Waals surface area contributed by atoms with Gasteiger partial charge in [-0.25, -0.2) is 0 Å². The number of hydrogen-bond donors (Lipinski definition) is 1. The van der Waals surface area contributed by atoms with Gasteiger partial charge in [0.05, 0.1) is 6.54 Å². The lowest BCUT2D eigenvalue weighted by Crippen LogP contribution is -2.51. The summed E-state index contributed by atoms with van der Waals surface area (Å²) in [5.41, 5.74) is 1.76. The number of benzene rings is 2. The average Bonchev–Trinajstić information content (AvgIpc) is 2.73. The Labute approximate surface area is 160 Å². The van der Waals surface area contributed by atoms with Crippen LogP contribution in [0.3, 0.4) is 0 Å². The molecule has 3 rings (SSSR count). The zero-order valence-electron chi connectivity index (χ0n) is 15.4. The van der Waals surface area contributed by atoms with E-state index in [2.05, 4.69) is 34.5 Å². The van der Waals surface area contributed by atoms with E-state index in [-0.39, 0.29) is 18.4 Å². The quantitative estimate of drug-likeness (QED) is 0.857. The maximum absolute atomic E-state index is 12.3. The third kappa shape index (κ3) is 5.79. The molecule has 1 aliphatic rings. The number of piperazine rings is 1. The highest BCUT2D eigenvalue weighted by Crippen LogP contribution is 2.05. The van der Waals surface area contributed by atoms with Crippen LogP contribution in [0.25, 0.3) is 6.08 Å². The predicted molar refractivity (Wildman–Crippen MR) is 107 cm³/mol. The van der Waals surface area contributed by atoms with Crippen LogP contribution in [0.1, 0.15) is 15.9 Å². The largest absolute Gasteiger partial charge is 0.343 e. The van der Waals surface area contributed by atoms with Gasteiger partial charge in [-0.2, -0.15) is 0 Å². The highest BCUT2D eigenvalue weighted by atomic mass is 16.2. The van der Waals surface area contributed by atoms with Crippen molar-refractivity contribution in [2.24, 2.45) is 0 Å². The van der Waals surface area contributed by atoms with E-state index in [0.29, 0.717) is 18.7 Å². The van der Waals surface area contributed by atoms with Crippen LogP contribution in [0.4, 0.5) is 0 Å². The molecule has 1 fully saturated rings. The highest BCUT2D eigenvalue weighted by Gasteiger charge is 2.20. The molecule has 2 aromatic rings. The van der Waals surface area contributed by atoms with E-state index in [0.717, 1.165) is 19.6 Å². The summed E-state index contributed by atoms with van der Waals surface area (Å²) in [7, 11) is 0. The SMILES string of the molecule is O=C(NCC(=O)N1CCN(C/C=C/c2ccccc2)CC1)c1ccccc1. The van der Waals surface area contributed by atoms with Gasteiger partial charge in [-0.3, -0.25) is 14.5 Å². The Balaban J connectivity index is 1.37. The van der Waals surface area contributed by atoms with Gasteiger partial charge < -0.3 is 10.2 Å². The summed E-state index contributed by atoms with van der Waals surface area (Å²) in [4.78, 5) is 28.5. The van der Waals surface area contributed by atoms with Gasteiger partial charge in [0.25, 0.3) is 5.91 Å². The van der Waals surface area contributed by atoms with Gasteiger partial charge in [-0.05, 0) is 17.7 Å². The van der Waals surface area contributed by atoms with Crippen LogP contribution in [0.15, 0.2) is 66.7 Å². The van der Waals surface area contributed by atoms with Crippen molar-refractivity contribution < 1.29 is 9.59 Å². The first-order valence-electron chi connectivity index (χ1n) is 9.27. The van der Waals surface area contributed by atoms with E-state index in [1.165, 1.54) is 5.56 Å². The fourth-order valence-electron chi connectivity index (χ4n) is 3.04. The normalized spacial score (nSPS) is 15.0. The maximum atomic E-state index is 12.3. The molecule has 140 valence electrons. The molecule has 0 aromatic heterocycles. The van der Waals surface area contributed by atoms with Gasteiger partial charge in [-0.15, -0.1) is 0 Å². The molecule has 0 saturated carbocycles. The number of nitrogens with one attached hydrogen (secondary N) is 1. The van der Waals surface area contributed by atoms with Gasteiger partial charge in [0, 0.05) is 38.3 Å². The lowest BCUT2D eigenvalue weighted by Gasteiger charge is -2.34. The molecule has 1 saturated heterocycles. The Bertz CT molecular complexity index is 767. The molecule has 1 N–H and O–H groups in total. The molecule has 27 heavy (non-hydrogen) atoms. The first kappa shape index (κ1) is 18.9. The predicted octanol–water partition coefficient (Wildman–Crippen LogP) is 2.27. The van der Waals surface area contributed by atoms with Crippen molar-refractivity contribution in [1.82, 2.24) is 15.1 Å². The number of amides is 2. The van der Waals surface area contributed by atoms with E-state index in [9.17, 15) is 9.59 Å². The lowest BCUT2D eigenvalue weighted by atomic mass is 10.2. The average molecular weight is 363 g/mol. The van der Waals surface area contributed by atoms with Crippen molar-refractivity contribution in [2.45, 2.75) is 0 Å². The highest BCUT2D eigenvalue weighted by molar-refractivity contribution is 5.96. The summed E-state index contributed by atoms with van der Waals surface area (Å²) in [6.07, 6.45) is 4.28. The summed E-state index contributed by atoms with van der Waals surface area (Å²) < 4.78 is 0. The Morgan fingerprint density at radius 3 is 2.19 bits per heavy atom. The minimum Gasteiger partial charge on any atom is -0.343 e. The van der Waals surface area contributed by atoms with Crippen molar-refractivity contribution >= 4 is 17.9 Å². The van der Waals surface area contributed by atoms with Gasteiger partial charge >= 0.3 is 0 Å². The standard InChI is InChI=1S/C22H25N3O2/c26-21(18-23-22(27)20-11-5-2-6-12-20)25-16-14-24(15-17-25)13-7-10-19-8-3-1-4-9-19/h1-12H,13-18H2,(H,23,27)/b10-7+. The molecule has 5 heteroatoms. The third-order valence-electron chi connectivity index (χ3n) is 4.63. The van der Waals surface area contributed by atoms with E-state index in [1.807, 2.05) is 41.3 Å². The van der Waals surface area contributed by atoms with Crippen LogP contribution < -0.4 is 5.32 Å². The van der Waals surface area contributed by atoms with Crippen LogP contribution in [-0.4, -0.2) is 60.9 Å². The summed E-state index contributed by atoms with van der Waals surface area (Å²) >= 11 is 0. The number of nitrogens with zero attached hydrogens (tertiary/aromatic N) is 2. The van der Waals surface area contributed by atoms with Crippen molar-refractivity contribution in [3.05, 3.63) is 77.9 Å². The Kier molecular flexibility index (Phi) is 6.77. The summed E-state index contributed by atoms with van der Waals surface area (Å²) in [6.45, 7) is 4.00. The smallest absolute Gasteiger partial charge is 0.251 e. The monoisotopic (exact) mass is 363 g/mol. The molecule has 2 amide bonds. The molecule has 1 aliphatic heterocycles. The Morgan fingerprint density at radius 2 is 1.52 bits per heavy atom. The van der Waals surface area contributed by atoms with Crippen LogP contribution in [0, 0.1) is 0 Å². The first-order chi connectivity index (χ1) is 13.2. The second kappa shape index (κ2) is 9.69. The summed E-state index contributed by atoms with van der Waals surface area (Å²) in [5.74, 6) is -0.243. The number of rotatable bonds is 6. The minimum absolute atomic E-state index is 0.0289. The Morgan fingerprint density at radius 1 is 0.889 bits per heavy atom. The van der Waals surface area contributed by atoms with Crippen LogP contribution in [0.5, 0.6) is 0 Å². The number of carbonyl (C=O) groups excluding carboxylic acids is 2. The molecule has 1 heterocycles. The number of hydrogen-bond acceptors (Lipinski definition) is 3. The molecule has 0 spiro atoms. The van der Waals surface area contributed by atoms with Crippen LogP contribution in [0.2, 0.25) is 0 Å². The summed E-state index contributed by atoms with van der Waals surface area (Å²) in [5, 5.41) is 2.70. The number of carbonyl (C=O) groups is 2. The minimum atomic E-state index is -0.214. The van der Waals surface area contributed by atoms with Crippen LogP contribution >= 0.6 is 0 Å². The second-order valence-electron chi connectivity index (χ2n) is 6.54. The topological polar surface area (TPSA) is 52.7 Å². The zero-order valence-corrected chi connectivity index (χ0v) is 15.4. The zero-order chi connectivity index (χ0) is 18.9. The van der Waals surface area contributed by atoms with E-state index in [4.69, 9.17) is 0 Å². The van der Waals surface area contributed by atoms with E-state index < -0.39 is 0 Å². The van der Waals surface area contributed by atoms with Gasteiger partial charge in [0.1, 0.15) is 0 Å². The molecule has 5 nitrogen and oxygen atoms in total. The molecule has 0 aliphatic carbocycles. The maximum Gasteiger partial charge on any atom is 0.251 e. The fraction of sp³-hybridized carbons (Fsp3) is 0.273. The van der Waals surface area contributed by atoms with Crippen LogP contribution in [-0.2, 0) is 4.79 Å². The van der Waals surface area contributed by atoms with Gasteiger partial charge in [0.15, 0.2) is 0 Å². The van der Waals surface area contributed by atoms with E-state index in [1.54, 1.807) is 12.1 Å². The van der Waals surface area contributed by atoms with Crippen molar-refractivity contribution in [3.63, 3.8) is 0 Å². The van der Waals surface area contributed by atoms with Crippen molar-refractivity contribution in [3.8, 4) is 0 Å². The molecule has 2 aromatic carbocycles. The molecular formula is C22H25N3O2. The van der Waals surface area contributed by atoms with Crippen molar-refractivity contribution in [1.29, 1.82) is 0 Å². The van der Waals surface area contributed by atoms with Gasteiger partial charge in [-0.1, -0.05) is 60.7 Å².